The monoisotopic (exact) mass is 308 g/mol. The molecule has 0 aliphatic carbocycles. The number of carboxylic acids is 2. The van der Waals surface area contributed by atoms with Crippen molar-refractivity contribution in [1.82, 2.24) is 0 Å². The molecule has 0 aromatic carbocycles. The minimum atomic E-state index is -0.887. The van der Waals surface area contributed by atoms with E-state index < -0.39 is 11.9 Å². The van der Waals surface area contributed by atoms with Crippen molar-refractivity contribution in [3.8, 4) is 0 Å². The predicted octanol–water partition coefficient (Wildman–Crippen LogP) is 4.06. The van der Waals surface area contributed by atoms with Crippen LogP contribution in [0.1, 0.15) is 45.8 Å². The Kier molecular flexibility index (Phi) is 10.2. The molecule has 0 amide bonds. The maximum Gasteiger partial charge on any atom is 0.330 e. The van der Waals surface area contributed by atoms with E-state index in [2.05, 4.69) is 6.92 Å². The van der Waals surface area contributed by atoms with Gasteiger partial charge in [-0.05, 0) is 32.4 Å². The van der Waals surface area contributed by atoms with Gasteiger partial charge in [-0.1, -0.05) is 31.9 Å². The van der Waals surface area contributed by atoms with E-state index in [1.165, 1.54) is 0 Å². The van der Waals surface area contributed by atoms with E-state index in [1.54, 1.807) is 38.3 Å². The normalized spacial score (nSPS) is 11.6. The lowest BCUT2D eigenvalue weighted by atomic mass is 10.2. The van der Waals surface area contributed by atoms with E-state index in [-0.39, 0.29) is 0 Å². The molecule has 0 saturated carbocycles. The first-order valence-corrected chi connectivity index (χ1v) is 7.21. The molecule has 0 aliphatic heterocycles. The van der Waals surface area contributed by atoms with Gasteiger partial charge in [0, 0.05) is 17.6 Å². The number of carboxylic acid groups (broad SMARTS) is 2. The molecule has 5 nitrogen and oxygen atoms in total. The molecule has 1 aromatic rings. The van der Waals surface area contributed by atoms with Gasteiger partial charge >= 0.3 is 11.9 Å². The van der Waals surface area contributed by atoms with Crippen LogP contribution in [-0.2, 0) is 16.0 Å². The van der Waals surface area contributed by atoms with E-state index in [4.69, 9.17) is 14.6 Å². The Bertz CT molecular complexity index is 509. The molecule has 1 aromatic heterocycles. The Hall–Kier alpha value is -2.30. The Morgan fingerprint density at radius 3 is 2.18 bits per heavy atom. The van der Waals surface area contributed by atoms with Crippen LogP contribution in [-0.4, -0.2) is 22.2 Å². The summed E-state index contributed by atoms with van der Waals surface area (Å²) in [6.45, 7) is 5.27. The van der Waals surface area contributed by atoms with Gasteiger partial charge in [-0.3, -0.25) is 0 Å². The highest BCUT2D eigenvalue weighted by Crippen LogP contribution is 2.03. The van der Waals surface area contributed by atoms with Crippen LogP contribution in [0.25, 0.3) is 0 Å². The molecule has 0 unspecified atom stereocenters. The maximum atomic E-state index is 10.4. The van der Waals surface area contributed by atoms with E-state index in [0.29, 0.717) is 17.6 Å². The van der Waals surface area contributed by atoms with Crippen molar-refractivity contribution >= 4 is 11.9 Å². The van der Waals surface area contributed by atoms with Crippen molar-refractivity contribution < 1.29 is 24.2 Å². The highest BCUT2D eigenvalue weighted by Gasteiger charge is 1.99. The van der Waals surface area contributed by atoms with Crippen molar-refractivity contribution in [2.75, 3.05) is 0 Å². The lowest BCUT2D eigenvalue weighted by Crippen LogP contribution is -1.96. The lowest BCUT2D eigenvalue weighted by molar-refractivity contribution is -0.133. The smallest absolute Gasteiger partial charge is 0.330 e. The van der Waals surface area contributed by atoms with Gasteiger partial charge in [-0.2, -0.15) is 0 Å². The second-order valence-corrected chi connectivity index (χ2v) is 4.81. The van der Waals surface area contributed by atoms with Crippen molar-refractivity contribution in [3.05, 3.63) is 47.5 Å². The van der Waals surface area contributed by atoms with Gasteiger partial charge in [0.1, 0.15) is 5.76 Å². The van der Waals surface area contributed by atoms with Crippen molar-refractivity contribution in [1.29, 1.82) is 0 Å². The Balaban J connectivity index is 0.000000409. The third-order valence-corrected chi connectivity index (χ3v) is 2.87. The van der Waals surface area contributed by atoms with Crippen molar-refractivity contribution in [2.45, 2.75) is 46.5 Å². The number of hydrogen-bond donors (Lipinski definition) is 2. The molecule has 0 fully saturated rings. The van der Waals surface area contributed by atoms with E-state index in [0.717, 1.165) is 25.0 Å². The van der Waals surface area contributed by atoms with E-state index in [9.17, 15) is 9.59 Å². The molecule has 0 saturated heterocycles. The zero-order valence-electron chi connectivity index (χ0n) is 13.3. The van der Waals surface area contributed by atoms with Gasteiger partial charge in [0.15, 0.2) is 0 Å². The summed E-state index contributed by atoms with van der Waals surface area (Å²) in [6, 6.07) is 3.59. The second kappa shape index (κ2) is 11.4. The zero-order chi connectivity index (χ0) is 17.0. The lowest BCUT2D eigenvalue weighted by Gasteiger charge is -1.91. The molecule has 0 spiro atoms. The van der Waals surface area contributed by atoms with Crippen LogP contribution < -0.4 is 0 Å². The minimum Gasteiger partial charge on any atom is -0.478 e. The van der Waals surface area contributed by atoms with Gasteiger partial charge in [0.2, 0.25) is 0 Å². The SMILES string of the molecule is CC(=CCc1ccco1)C(=O)O.CCCCC=C(C)C(=O)O. The predicted molar refractivity (Wildman–Crippen MR) is 84.7 cm³/mol. The molecule has 22 heavy (non-hydrogen) atoms. The standard InChI is InChI=1S/C9H10O3.C8H14O2/c1-7(9(10)11)4-5-8-3-2-6-12-8;1-3-4-5-6-7(2)8(9)10/h2-4,6H,5H2,1H3,(H,10,11);6H,3-5H2,1-2H3,(H,9,10). The number of carbonyl (C=O) groups is 2. The molecule has 122 valence electrons. The van der Waals surface area contributed by atoms with Gasteiger partial charge in [0.25, 0.3) is 0 Å². The van der Waals surface area contributed by atoms with Gasteiger partial charge < -0.3 is 14.6 Å². The second-order valence-electron chi connectivity index (χ2n) is 4.81. The number of allylic oxidation sites excluding steroid dienone is 2. The molecule has 0 aliphatic rings. The maximum absolute atomic E-state index is 10.4. The summed E-state index contributed by atoms with van der Waals surface area (Å²) in [5.74, 6) is -0.923. The fourth-order valence-corrected chi connectivity index (χ4v) is 1.38. The van der Waals surface area contributed by atoms with Crippen LogP contribution in [0, 0.1) is 0 Å². The minimum absolute atomic E-state index is 0.339. The van der Waals surface area contributed by atoms with Crippen LogP contribution in [0.15, 0.2) is 46.1 Å². The van der Waals surface area contributed by atoms with Crippen LogP contribution in [0.3, 0.4) is 0 Å². The molecule has 1 rings (SSSR count). The largest absolute Gasteiger partial charge is 0.478 e. The highest BCUT2D eigenvalue weighted by molar-refractivity contribution is 5.86. The third kappa shape index (κ3) is 9.58. The summed E-state index contributed by atoms with van der Waals surface area (Å²) >= 11 is 0. The van der Waals surface area contributed by atoms with Crippen LogP contribution in [0.2, 0.25) is 0 Å². The van der Waals surface area contributed by atoms with Crippen LogP contribution in [0.5, 0.6) is 0 Å². The van der Waals surface area contributed by atoms with Crippen molar-refractivity contribution in [3.63, 3.8) is 0 Å². The first-order chi connectivity index (χ1) is 10.4. The molecule has 0 atom stereocenters. The third-order valence-electron chi connectivity index (χ3n) is 2.87. The molecular formula is C17H24O5. The van der Waals surface area contributed by atoms with Crippen LogP contribution in [0.4, 0.5) is 0 Å². The summed E-state index contributed by atoms with van der Waals surface area (Å²) in [6.07, 6.45) is 8.57. The number of furan rings is 1. The van der Waals surface area contributed by atoms with Crippen molar-refractivity contribution in [2.24, 2.45) is 0 Å². The molecule has 0 radical (unpaired) electrons. The summed E-state index contributed by atoms with van der Waals surface area (Å²) in [4.78, 5) is 20.6. The first kappa shape index (κ1) is 19.7. The Morgan fingerprint density at radius 2 is 1.73 bits per heavy atom. The number of aliphatic carboxylic acids is 2. The summed E-state index contributed by atoms with van der Waals surface area (Å²) in [5.41, 5.74) is 0.792. The van der Waals surface area contributed by atoms with Gasteiger partial charge in [-0.25, -0.2) is 9.59 Å². The summed E-state index contributed by atoms with van der Waals surface area (Å²) < 4.78 is 5.03. The zero-order valence-corrected chi connectivity index (χ0v) is 13.3. The topological polar surface area (TPSA) is 87.7 Å². The first-order valence-electron chi connectivity index (χ1n) is 7.21. The Morgan fingerprint density at radius 1 is 1.14 bits per heavy atom. The number of hydrogen-bond acceptors (Lipinski definition) is 3. The fraction of sp³-hybridized carbons (Fsp3) is 0.412. The molecule has 5 heteroatoms. The fourth-order valence-electron chi connectivity index (χ4n) is 1.38. The quantitative estimate of drug-likeness (QED) is 0.586. The average Bonchev–Trinajstić information content (AvgIpc) is 2.98. The number of rotatable bonds is 7. The highest BCUT2D eigenvalue weighted by atomic mass is 16.4. The summed E-state index contributed by atoms with van der Waals surface area (Å²) in [5, 5.41) is 16.9. The summed E-state index contributed by atoms with van der Waals surface area (Å²) in [7, 11) is 0. The van der Waals surface area contributed by atoms with E-state index >= 15 is 0 Å². The van der Waals surface area contributed by atoms with Gasteiger partial charge in [-0.15, -0.1) is 0 Å². The molecule has 1 heterocycles. The molecule has 2 N–H and O–H groups in total. The van der Waals surface area contributed by atoms with E-state index in [1.807, 2.05) is 6.07 Å². The average molecular weight is 308 g/mol. The molecular weight excluding hydrogens is 284 g/mol. The molecule has 0 bridgehead atoms. The Labute approximate surface area is 131 Å². The van der Waals surface area contributed by atoms with Crippen LogP contribution >= 0.6 is 0 Å². The number of unbranched alkanes of at least 4 members (excludes halogenated alkanes) is 2. The van der Waals surface area contributed by atoms with Gasteiger partial charge in [0.05, 0.1) is 6.26 Å².